The number of halogens is 2. The number of hydrogen-bond donors (Lipinski definition) is 2. The van der Waals surface area contributed by atoms with Gasteiger partial charge in [0.2, 0.25) is 0 Å². The summed E-state index contributed by atoms with van der Waals surface area (Å²) in [6.07, 6.45) is 1.32. The van der Waals surface area contributed by atoms with Gasteiger partial charge in [0.25, 0.3) is 6.43 Å². The first-order valence-electron chi connectivity index (χ1n) is 10.5. The summed E-state index contributed by atoms with van der Waals surface area (Å²) in [6.45, 7) is 0.844. The Morgan fingerprint density at radius 3 is 2.56 bits per heavy atom. The molecule has 2 aliphatic heterocycles. The zero-order valence-corrected chi connectivity index (χ0v) is 17.5. The lowest BCUT2D eigenvalue weighted by atomic mass is 10.2. The van der Waals surface area contributed by atoms with Crippen molar-refractivity contribution in [2.75, 3.05) is 30.4 Å². The number of alkyl halides is 2. The van der Waals surface area contributed by atoms with E-state index in [2.05, 4.69) is 25.6 Å². The fraction of sp³-hybridized carbons (Fsp3) is 0.429. The highest BCUT2D eigenvalue weighted by atomic mass is 19.3. The summed E-state index contributed by atoms with van der Waals surface area (Å²) in [5, 5.41) is 9.99. The highest BCUT2D eigenvalue weighted by molar-refractivity contribution is 5.90. The highest BCUT2D eigenvalue weighted by Crippen LogP contribution is 2.33. The molecule has 0 aliphatic carbocycles. The van der Waals surface area contributed by atoms with Gasteiger partial charge in [0.15, 0.2) is 11.5 Å². The normalized spacial score (nSPS) is 20.2. The lowest BCUT2D eigenvalue weighted by Gasteiger charge is -2.33. The second kappa shape index (κ2) is 8.30. The van der Waals surface area contributed by atoms with Crippen molar-refractivity contribution in [2.24, 2.45) is 0 Å². The minimum absolute atomic E-state index is 0.147. The van der Waals surface area contributed by atoms with Crippen LogP contribution < -0.4 is 15.5 Å². The van der Waals surface area contributed by atoms with E-state index in [0.29, 0.717) is 47.0 Å². The molecule has 1 aromatic carbocycles. The molecule has 2 amide bonds. The van der Waals surface area contributed by atoms with Crippen LogP contribution in [0, 0.1) is 0 Å². The Morgan fingerprint density at radius 2 is 1.91 bits per heavy atom. The quantitative estimate of drug-likeness (QED) is 0.630. The fourth-order valence-electron chi connectivity index (χ4n) is 4.26. The lowest BCUT2D eigenvalue weighted by Crippen LogP contribution is -2.43. The van der Waals surface area contributed by atoms with E-state index in [1.54, 1.807) is 30.5 Å². The molecule has 11 heteroatoms. The number of nitrogens with zero attached hydrogens (tertiary/aromatic N) is 5. The monoisotopic (exact) mass is 443 g/mol. The Bertz CT molecular complexity index is 1120. The molecule has 168 valence electrons. The fourth-order valence-corrected chi connectivity index (χ4v) is 4.26. The number of fused-ring (bicyclic) bond motifs is 3. The average Bonchev–Trinajstić information content (AvgIpc) is 3.35. The van der Waals surface area contributed by atoms with Gasteiger partial charge in [0.1, 0.15) is 12.4 Å². The molecule has 2 N–H and O–H groups in total. The van der Waals surface area contributed by atoms with Crippen molar-refractivity contribution in [3.63, 3.8) is 0 Å². The Hall–Kier alpha value is -3.34. The summed E-state index contributed by atoms with van der Waals surface area (Å²) >= 11 is 0. The van der Waals surface area contributed by atoms with Crippen molar-refractivity contribution >= 4 is 28.6 Å². The number of urea groups is 1. The van der Waals surface area contributed by atoms with E-state index >= 15 is 0 Å². The van der Waals surface area contributed by atoms with Crippen LogP contribution in [0.1, 0.15) is 12.8 Å². The number of morpholine rings is 1. The Labute approximate surface area is 182 Å². The molecule has 3 aromatic rings. The van der Waals surface area contributed by atoms with Gasteiger partial charge in [-0.3, -0.25) is 0 Å². The van der Waals surface area contributed by atoms with E-state index in [9.17, 15) is 13.6 Å². The maximum absolute atomic E-state index is 13.1. The smallest absolute Gasteiger partial charge is 0.318 e. The zero-order valence-electron chi connectivity index (χ0n) is 17.5. The number of benzene rings is 1. The van der Waals surface area contributed by atoms with Crippen LogP contribution >= 0.6 is 0 Å². The molecule has 9 nitrogen and oxygen atoms in total. The van der Waals surface area contributed by atoms with E-state index < -0.39 is 13.0 Å². The highest BCUT2D eigenvalue weighted by Gasteiger charge is 2.35. The third-order valence-electron chi connectivity index (χ3n) is 5.76. The number of carbonyl (C=O) groups excluding carboxylic acids is 1. The summed E-state index contributed by atoms with van der Waals surface area (Å²) in [4.78, 5) is 23.1. The average molecular weight is 443 g/mol. The van der Waals surface area contributed by atoms with Gasteiger partial charge in [-0.1, -0.05) is 0 Å². The molecule has 32 heavy (non-hydrogen) atoms. The van der Waals surface area contributed by atoms with E-state index in [-0.39, 0.29) is 18.2 Å². The maximum atomic E-state index is 13.1. The van der Waals surface area contributed by atoms with Crippen molar-refractivity contribution in [3.8, 4) is 11.4 Å². The van der Waals surface area contributed by atoms with Crippen LogP contribution in [-0.2, 0) is 11.3 Å². The van der Waals surface area contributed by atoms with E-state index in [1.165, 1.54) is 11.7 Å². The van der Waals surface area contributed by atoms with Gasteiger partial charge in [-0.25, -0.2) is 28.2 Å². The standard InChI is InChI=1S/C21H23F2N7O2/c1-24-21(31)26-13-4-2-12(3-5-13)18-27-19(29-9-14-6-7-15(10-29)32-14)16-8-25-30(11-17(22)23)20(16)28-18/h2-5,8,14-15,17H,6-7,9-11H2,1H3,(H2,24,26,31). The number of hydrogen-bond acceptors (Lipinski definition) is 6. The van der Waals surface area contributed by atoms with Gasteiger partial charge in [0, 0.05) is 31.4 Å². The number of nitrogens with one attached hydrogen (secondary N) is 2. The molecule has 2 saturated heterocycles. The maximum Gasteiger partial charge on any atom is 0.318 e. The van der Waals surface area contributed by atoms with E-state index in [4.69, 9.17) is 9.72 Å². The largest absolute Gasteiger partial charge is 0.371 e. The summed E-state index contributed by atoms with van der Waals surface area (Å²) in [5.41, 5.74) is 1.69. The molecule has 0 saturated carbocycles. The van der Waals surface area contributed by atoms with Crippen LogP contribution in [0.4, 0.5) is 25.1 Å². The van der Waals surface area contributed by atoms with Crippen molar-refractivity contribution < 1.29 is 18.3 Å². The summed E-state index contributed by atoms with van der Waals surface area (Å²) in [7, 11) is 1.54. The summed E-state index contributed by atoms with van der Waals surface area (Å²) < 4.78 is 33.4. The summed E-state index contributed by atoms with van der Waals surface area (Å²) in [6, 6.07) is 6.72. The summed E-state index contributed by atoms with van der Waals surface area (Å²) in [5.74, 6) is 1.09. The SMILES string of the molecule is CNC(=O)Nc1ccc(-c2nc(N3CC4CCC(C3)O4)c3cnn(CC(F)F)c3n2)cc1. The Morgan fingerprint density at radius 1 is 1.19 bits per heavy atom. The topological polar surface area (TPSA) is 97.2 Å². The van der Waals surface area contributed by atoms with Gasteiger partial charge in [-0.2, -0.15) is 5.10 Å². The van der Waals surface area contributed by atoms with Crippen LogP contribution in [0.25, 0.3) is 22.4 Å². The molecular formula is C21H23F2N7O2. The molecule has 2 unspecified atom stereocenters. The number of ether oxygens (including phenoxy) is 1. The first kappa shape index (κ1) is 20.6. The molecule has 2 fully saturated rings. The molecule has 4 heterocycles. The molecule has 2 atom stereocenters. The van der Waals surface area contributed by atoms with Gasteiger partial charge in [-0.15, -0.1) is 0 Å². The number of carbonyl (C=O) groups is 1. The van der Waals surface area contributed by atoms with Crippen LogP contribution in [0.5, 0.6) is 0 Å². The molecule has 0 radical (unpaired) electrons. The first-order chi connectivity index (χ1) is 15.5. The van der Waals surface area contributed by atoms with Gasteiger partial charge >= 0.3 is 6.03 Å². The molecule has 2 aliphatic rings. The predicted octanol–water partition coefficient (Wildman–Crippen LogP) is 2.88. The van der Waals surface area contributed by atoms with Gasteiger partial charge in [0.05, 0.1) is 23.8 Å². The third-order valence-corrected chi connectivity index (χ3v) is 5.76. The van der Waals surface area contributed by atoms with Crippen LogP contribution in [-0.4, -0.2) is 64.6 Å². The molecular weight excluding hydrogens is 420 g/mol. The first-order valence-corrected chi connectivity index (χ1v) is 10.5. The molecule has 2 bridgehead atoms. The zero-order chi connectivity index (χ0) is 22.2. The number of amides is 2. The van der Waals surface area contributed by atoms with Gasteiger partial charge in [-0.05, 0) is 37.1 Å². The molecule has 0 spiro atoms. The van der Waals surface area contributed by atoms with Crippen molar-refractivity contribution in [1.29, 1.82) is 0 Å². The number of aromatic nitrogens is 4. The second-order valence-electron chi connectivity index (χ2n) is 7.97. The van der Waals surface area contributed by atoms with Crippen LogP contribution in [0.2, 0.25) is 0 Å². The predicted molar refractivity (Wildman–Crippen MR) is 115 cm³/mol. The second-order valence-corrected chi connectivity index (χ2v) is 7.97. The van der Waals surface area contributed by atoms with E-state index in [1.807, 2.05) is 0 Å². The molecule has 5 rings (SSSR count). The number of anilines is 2. The van der Waals surface area contributed by atoms with Gasteiger partial charge < -0.3 is 20.3 Å². The molecule has 2 aromatic heterocycles. The third kappa shape index (κ3) is 3.95. The van der Waals surface area contributed by atoms with Crippen LogP contribution in [0.15, 0.2) is 30.5 Å². The minimum Gasteiger partial charge on any atom is -0.371 e. The van der Waals surface area contributed by atoms with Crippen molar-refractivity contribution in [2.45, 2.75) is 38.0 Å². The minimum atomic E-state index is -2.55. The van der Waals surface area contributed by atoms with Crippen molar-refractivity contribution in [3.05, 3.63) is 30.5 Å². The Kier molecular flexibility index (Phi) is 5.33. The lowest BCUT2D eigenvalue weighted by molar-refractivity contribution is 0.0303. The van der Waals surface area contributed by atoms with E-state index in [0.717, 1.165) is 12.8 Å². The Balaban J connectivity index is 1.55. The van der Waals surface area contributed by atoms with Crippen molar-refractivity contribution in [1.82, 2.24) is 25.1 Å². The number of rotatable bonds is 5. The van der Waals surface area contributed by atoms with Crippen LogP contribution in [0.3, 0.4) is 0 Å².